The quantitative estimate of drug-likeness (QED) is 0.231. The molecule has 2 heteroatoms. The molecule has 1 aliphatic rings. The first-order valence-electron chi connectivity index (χ1n) is 13.7. The zero-order chi connectivity index (χ0) is 26.5. The Morgan fingerprint density at radius 2 is 1.18 bits per heavy atom. The van der Waals surface area contributed by atoms with Crippen LogP contribution in [0.5, 0.6) is 0 Å². The van der Waals surface area contributed by atoms with Gasteiger partial charge in [0.05, 0.1) is 28.5 Å². The fraction of sp³-hybridized carbons (Fsp3) is 0.0263. The molecule has 0 radical (unpaired) electrons. The summed E-state index contributed by atoms with van der Waals surface area (Å²) in [6.07, 6.45) is 4.17. The molecule has 8 rings (SSSR count). The summed E-state index contributed by atoms with van der Waals surface area (Å²) >= 11 is 0. The number of benzene rings is 5. The highest BCUT2D eigenvalue weighted by Gasteiger charge is 2.46. The molecule has 2 heterocycles. The van der Waals surface area contributed by atoms with Crippen LogP contribution in [0.3, 0.4) is 0 Å². The number of hydrogen-bond donors (Lipinski definition) is 0. The van der Waals surface area contributed by atoms with Gasteiger partial charge in [0.15, 0.2) is 0 Å². The van der Waals surface area contributed by atoms with E-state index in [0.29, 0.717) is 0 Å². The van der Waals surface area contributed by atoms with Crippen LogP contribution in [0.15, 0.2) is 158 Å². The van der Waals surface area contributed by atoms with Gasteiger partial charge in [0.2, 0.25) is 0 Å². The van der Waals surface area contributed by atoms with Crippen molar-refractivity contribution < 1.29 is 0 Å². The van der Waals surface area contributed by atoms with Gasteiger partial charge in [0, 0.05) is 22.7 Å². The second-order valence-electron chi connectivity index (χ2n) is 10.4. The highest BCUT2D eigenvalue weighted by molar-refractivity contribution is 6.03. The topological polar surface area (TPSA) is 17.8 Å². The molecular weight excluding hydrogens is 484 g/mol. The van der Waals surface area contributed by atoms with Crippen molar-refractivity contribution >= 4 is 10.9 Å². The predicted molar refractivity (Wildman–Crippen MR) is 164 cm³/mol. The van der Waals surface area contributed by atoms with Gasteiger partial charge >= 0.3 is 0 Å². The van der Waals surface area contributed by atoms with Crippen molar-refractivity contribution in [1.82, 2.24) is 9.55 Å². The molecule has 0 spiro atoms. The summed E-state index contributed by atoms with van der Waals surface area (Å²) in [4.78, 5) is 4.85. The molecule has 0 bridgehead atoms. The summed E-state index contributed by atoms with van der Waals surface area (Å²) in [5.41, 5.74) is 11.7. The number of pyridine rings is 1. The zero-order valence-corrected chi connectivity index (χ0v) is 21.9. The molecule has 0 amide bonds. The van der Waals surface area contributed by atoms with E-state index in [1.165, 1.54) is 44.3 Å². The van der Waals surface area contributed by atoms with Crippen LogP contribution in [0.1, 0.15) is 22.3 Å². The van der Waals surface area contributed by atoms with E-state index in [-0.39, 0.29) is 0 Å². The van der Waals surface area contributed by atoms with E-state index < -0.39 is 5.41 Å². The Morgan fingerprint density at radius 3 is 1.85 bits per heavy atom. The van der Waals surface area contributed by atoms with Crippen molar-refractivity contribution in [3.05, 3.63) is 180 Å². The number of rotatable bonds is 4. The lowest BCUT2D eigenvalue weighted by molar-refractivity contribution is 0.769. The maximum Gasteiger partial charge on any atom is 0.0714 e. The van der Waals surface area contributed by atoms with Crippen molar-refractivity contribution in [1.29, 1.82) is 0 Å². The fourth-order valence-corrected chi connectivity index (χ4v) is 6.68. The van der Waals surface area contributed by atoms with E-state index in [1.807, 2.05) is 12.3 Å². The maximum absolute atomic E-state index is 4.85. The lowest BCUT2D eigenvalue weighted by atomic mass is 9.67. The minimum absolute atomic E-state index is 0.410. The third-order valence-electron chi connectivity index (χ3n) is 8.37. The molecule has 7 aromatic rings. The number of fused-ring (bicyclic) bond motifs is 5. The molecule has 40 heavy (non-hydrogen) atoms. The van der Waals surface area contributed by atoms with Gasteiger partial charge in [-0.1, -0.05) is 127 Å². The summed E-state index contributed by atoms with van der Waals surface area (Å²) in [7, 11) is 0. The third-order valence-corrected chi connectivity index (χ3v) is 8.37. The number of nitrogens with zero attached hydrogens (tertiary/aromatic N) is 2. The maximum atomic E-state index is 4.85. The van der Waals surface area contributed by atoms with E-state index in [9.17, 15) is 0 Å². The van der Waals surface area contributed by atoms with Crippen LogP contribution in [0.2, 0.25) is 0 Å². The second-order valence-corrected chi connectivity index (χ2v) is 10.4. The molecule has 1 aliphatic carbocycles. The Bertz CT molecular complexity index is 1930. The second kappa shape index (κ2) is 8.93. The lowest BCUT2D eigenvalue weighted by Crippen LogP contribution is -2.28. The Hall–Kier alpha value is -5.21. The Balaban J connectivity index is 1.42. The Kier molecular flexibility index (Phi) is 5.08. The van der Waals surface area contributed by atoms with Crippen LogP contribution in [-0.2, 0) is 5.41 Å². The summed E-state index contributed by atoms with van der Waals surface area (Å²) < 4.78 is 2.30. The average molecular weight is 511 g/mol. The number of aromatic nitrogens is 2. The van der Waals surface area contributed by atoms with Crippen molar-refractivity contribution in [3.63, 3.8) is 0 Å². The van der Waals surface area contributed by atoms with E-state index in [2.05, 4.69) is 150 Å². The summed E-state index contributed by atoms with van der Waals surface area (Å²) in [5, 5.41) is 1.22. The first-order valence-corrected chi connectivity index (χ1v) is 13.7. The Labute approximate surface area is 233 Å². The Morgan fingerprint density at radius 1 is 0.525 bits per heavy atom. The molecule has 0 saturated heterocycles. The van der Waals surface area contributed by atoms with Gasteiger partial charge in [-0.2, -0.15) is 0 Å². The van der Waals surface area contributed by atoms with Gasteiger partial charge in [-0.05, 0) is 46.0 Å². The van der Waals surface area contributed by atoms with E-state index in [0.717, 1.165) is 16.9 Å². The minimum Gasteiger partial charge on any atom is -0.314 e. The first-order chi connectivity index (χ1) is 19.9. The van der Waals surface area contributed by atoms with E-state index in [1.54, 1.807) is 0 Å². The monoisotopic (exact) mass is 510 g/mol. The van der Waals surface area contributed by atoms with Crippen LogP contribution >= 0.6 is 0 Å². The molecule has 0 aliphatic heterocycles. The largest absolute Gasteiger partial charge is 0.314 e. The fourth-order valence-electron chi connectivity index (χ4n) is 6.68. The molecule has 188 valence electrons. The van der Waals surface area contributed by atoms with Crippen molar-refractivity contribution in [2.24, 2.45) is 0 Å². The lowest BCUT2D eigenvalue weighted by Gasteiger charge is -2.33. The van der Waals surface area contributed by atoms with Crippen LogP contribution < -0.4 is 0 Å². The highest BCUT2D eigenvalue weighted by Crippen LogP contribution is 2.57. The van der Waals surface area contributed by atoms with Crippen molar-refractivity contribution in [3.8, 4) is 28.1 Å². The van der Waals surface area contributed by atoms with Gasteiger partial charge in [0.25, 0.3) is 0 Å². The van der Waals surface area contributed by atoms with Crippen molar-refractivity contribution in [2.45, 2.75) is 5.41 Å². The van der Waals surface area contributed by atoms with Gasteiger partial charge in [-0.15, -0.1) is 0 Å². The average Bonchev–Trinajstić information content (AvgIpc) is 3.60. The minimum atomic E-state index is -0.410. The smallest absolute Gasteiger partial charge is 0.0714 e. The van der Waals surface area contributed by atoms with Crippen molar-refractivity contribution in [2.75, 3.05) is 0 Å². The summed E-state index contributed by atoms with van der Waals surface area (Å²) in [5.74, 6) is 0. The molecule has 2 nitrogen and oxygen atoms in total. The van der Waals surface area contributed by atoms with E-state index in [4.69, 9.17) is 4.98 Å². The van der Waals surface area contributed by atoms with Crippen LogP contribution in [0, 0.1) is 0 Å². The van der Waals surface area contributed by atoms with Crippen LogP contribution in [0.25, 0.3) is 39.0 Å². The van der Waals surface area contributed by atoms with Crippen LogP contribution in [0.4, 0.5) is 0 Å². The van der Waals surface area contributed by atoms with E-state index >= 15 is 0 Å². The zero-order valence-electron chi connectivity index (χ0n) is 21.9. The molecule has 0 N–H and O–H groups in total. The normalized spacial score (nSPS) is 13.2. The van der Waals surface area contributed by atoms with Gasteiger partial charge in [-0.3, -0.25) is 4.98 Å². The SMILES string of the molecule is c1ccc(-c2ccc(-n3ccc4ccc5c(c43)-c3ccccc3C5(c3ccccc3)c3ccccc3)cn2)cc1. The molecule has 0 saturated carbocycles. The molecule has 5 aromatic carbocycles. The van der Waals surface area contributed by atoms with Gasteiger partial charge in [0.1, 0.15) is 0 Å². The van der Waals surface area contributed by atoms with Gasteiger partial charge < -0.3 is 4.57 Å². The molecule has 0 atom stereocenters. The molecular formula is C38H26N2. The summed E-state index contributed by atoms with van der Waals surface area (Å²) in [6.45, 7) is 0. The summed E-state index contributed by atoms with van der Waals surface area (Å²) in [6, 6.07) is 52.3. The molecule has 2 aromatic heterocycles. The first kappa shape index (κ1) is 22.7. The predicted octanol–water partition coefficient (Wildman–Crippen LogP) is 9.06. The third kappa shape index (κ3) is 3.20. The molecule has 0 fully saturated rings. The molecule has 0 unspecified atom stereocenters. The van der Waals surface area contributed by atoms with Gasteiger partial charge in [-0.25, -0.2) is 0 Å². The highest BCUT2D eigenvalue weighted by atomic mass is 15.0. The van der Waals surface area contributed by atoms with Crippen LogP contribution in [-0.4, -0.2) is 9.55 Å². The number of hydrogen-bond acceptors (Lipinski definition) is 1. The standard InChI is InChI=1S/C38H26N2/c1-4-12-27(13-5-1)35-23-21-31(26-39-35)40-25-24-28-20-22-34-36(37(28)40)32-18-10-11-19-33(32)38(34,29-14-6-2-7-15-29)30-16-8-3-9-17-30/h1-26H.